The molecule has 1 heterocycles. The zero-order valence-electron chi connectivity index (χ0n) is 12.0. The van der Waals surface area contributed by atoms with E-state index in [1.54, 1.807) is 26.0 Å². The van der Waals surface area contributed by atoms with Crippen LogP contribution in [0.1, 0.15) is 27.2 Å². The fraction of sp³-hybridized carbons (Fsp3) is 0.643. The minimum atomic E-state index is -0.722. The number of carbonyl (C=O) groups is 3. The summed E-state index contributed by atoms with van der Waals surface area (Å²) in [5.41, 5.74) is 0. The Bertz CT molecular complexity index is 404. The summed E-state index contributed by atoms with van der Waals surface area (Å²) < 4.78 is 10.1. The van der Waals surface area contributed by atoms with Crippen molar-refractivity contribution < 1.29 is 23.9 Å². The second kappa shape index (κ2) is 7.67. The molecule has 112 valence electrons. The van der Waals surface area contributed by atoms with E-state index in [9.17, 15) is 14.4 Å². The lowest BCUT2D eigenvalue weighted by Crippen LogP contribution is -2.43. The van der Waals surface area contributed by atoms with Gasteiger partial charge in [0.2, 0.25) is 5.91 Å². The molecule has 0 saturated carbocycles. The molecule has 0 saturated heterocycles. The van der Waals surface area contributed by atoms with E-state index in [-0.39, 0.29) is 37.4 Å². The Morgan fingerprint density at radius 2 is 1.80 bits per heavy atom. The van der Waals surface area contributed by atoms with Crippen LogP contribution >= 0.6 is 0 Å². The van der Waals surface area contributed by atoms with Gasteiger partial charge < -0.3 is 14.8 Å². The van der Waals surface area contributed by atoms with Gasteiger partial charge in [-0.25, -0.2) is 4.79 Å². The van der Waals surface area contributed by atoms with Crippen molar-refractivity contribution in [1.29, 1.82) is 0 Å². The normalized spacial score (nSPS) is 29.9. The number of cyclic esters (lactones) is 2. The van der Waals surface area contributed by atoms with E-state index in [2.05, 4.69) is 5.32 Å². The van der Waals surface area contributed by atoms with Crippen LogP contribution in [0.2, 0.25) is 0 Å². The molecule has 6 nitrogen and oxygen atoms in total. The maximum atomic E-state index is 11.8. The third-order valence-corrected chi connectivity index (χ3v) is 2.89. The predicted octanol–water partition coefficient (Wildman–Crippen LogP) is 0.810. The first kappa shape index (κ1) is 16.2. The molecule has 6 heteroatoms. The molecule has 1 N–H and O–H groups in total. The topological polar surface area (TPSA) is 81.7 Å². The average molecular weight is 283 g/mol. The standard InChI is InChI=1S/C14H21NO5/c1-9-5-4-6-12(16)19-8-10(2)13(17)15-11(3)14(18)20-7-9/h4-5,9-11H,6-8H2,1-3H3,(H,15,17)/t9-,10+,11+/m1/s1. The second-order valence-electron chi connectivity index (χ2n) is 5.05. The fourth-order valence-electron chi connectivity index (χ4n) is 1.56. The van der Waals surface area contributed by atoms with E-state index >= 15 is 0 Å². The molecule has 1 aliphatic heterocycles. The number of carbonyl (C=O) groups excluding carboxylic acids is 3. The highest BCUT2D eigenvalue weighted by Gasteiger charge is 2.22. The van der Waals surface area contributed by atoms with Gasteiger partial charge in [-0.3, -0.25) is 9.59 Å². The van der Waals surface area contributed by atoms with Gasteiger partial charge in [-0.2, -0.15) is 0 Å². The van der Waals surface area contributed by atoms with Gasteiger partial charge in [0.25, 0.3) is 0 Å². The molecular formula is C14H21NO5. The summed E-state index contributed by atoms with van der Waals surface area (Å²) in [7, 11) is 0. The highest BCUT2D eigenvalue weighted by Crippen LogP contribution is 2.05. The molecule has 0 aromatic heterocycles. The van der Waals surface area contributed by atoms with Crippen LogP contribution < -0.4 is 5.32 Å². The molecule has 0 aromatic carbocycles. The smallest absolute Gasteiger partial charge is 0.328 e. The summed E-state index contributed by atoms with van der Waals surface area (Å²) in [6.07, 6.45) is 3.62. The molecule has 1 rings (SSSR count). The fourth-order valence-corrected chi connectivity index (χ4v) is 1.56. The van der Waals surface area contributed by atoms with E-state index in [1.807, 2.05) is 6.92 Å². The first-order valence-electron chi connectivity index (χ1n) is 6.69. The zero-order chi connectivity index (χ0) is 15.1. The number of amides is 1. The van der Waals surface area contributed by atoms with Crippen molar-refractivity contribution >= 4 is 17.8 Å². The Kier molecular flexibility index (Phi) is 6.21. The quantitative estimate of drug-likeness (QED) is 0.525. The van der Waals surface area contributed by atoms with Gasteiger partial charge in [-0.05, 0) is 6.92 Å². The van der Waals surface area contributed by atoms with Gasteiger partial charge in [0.05, 0.1) is 18.9 Å². The molecule has 0 radical (unpaired) electrons. The van der Waals surface area contributed by atoms with Gasteiger partial charge in [-0.15, -0.1) is 0 Å². The van der Waals surface area contributed by atoms with Crippen molar-refractivity contribution in [2.75, 3.05) is 13.2 Å². The van der Waals surface area contributed by atoms with Crippen LogP contribution in [0, 0.1) is 11.8 Å². The Hall–Kier alpha value is -1.85. The van der Waals surface area contributed by atoms with Crippen molar-refractivity contribution in [3.63, 3.8) is 0 Å². The van der Waals surface area contributed by atoms with Gasteiger partial charge in [-0.1, -0.05) is 26.0 Å². The molecule has 3 atom stereocenters. The van der Waals surface area contributed by atoms with Crippen LogP contribution in [0.4, 0.5) is 0 Å². The number of hydrogen-bond donors (Lipinski definition) is 1. The Morgan fingerprint density at radius 3 is 2.50 bits per heavy atom. The predicted molar refractivity (Wildman–Crippen MR) is 71.6 cm³/mol. The number of rotatable bonds is 0. The lowest BCUT2D eigenvalue weighted by atomic mass is 10.1. The molecule has 20 heavy (non-hydrogen) atoms. The summed E-state index contributed by atoms with van der Waals surface area (Å²) in [5, 5.41) is 2.54. The Morgan fingerprint density at radius 1 is 1.10 bits per heavy atom. The molecule has 0 aliphatic carbocycles. The van der Waals surface area contributed by atoms with Crippen molar-refractivity contribution in [1.82, 2.24) is 5.32 Å². The van der Waals surface area contributed by atoms with E-state index in [0.717, 1.165) is 0 Å². The van der Waals surface area contributed by atoms with Crippen molar-refractivity contribution in [3.05, 3.63) is 12.2 Å². The number of hydrogen-bond acceptors (Lipinski definition) is 5. The zero-order valence-corrected chi connectivity index (χ0v) is 12.0. The summed E-state index contributed by atoms with van der Waals surface area (Å²) in [6.45, 7) is 5.26. The van der Waals surface area contributed by atoms with Crippen LogP contribution in [0.3, 0.4) is 0 Å². The van der Waals surface area contributed by atoms with Crippen LogP contribution in [-0.4, -0.2) is 37.1 Å². The highest BCUT2D eigenvalue weighted by atomic mass is 16.5. The van der Waals surface area contributed by atoms with Crippen LogP contribution in [0.5, 0.6) is 0 Å². The number of ether oxygens (including phenoxy) is 2. The first-order valence-corrected chi connectivity index (χ1v) is 6.69. The molecule has 1 amide bonds. The summed E-state index contributed by atoms with van der Waals surface area (Å²) in [4.78, 5) is 34.9. The third kappa shape index (κ3) is 5.42. The van der Waals surface area contributed by atoms with Crippen LogP contribution in [0.25, 0.3) is 0 Å². The Balaban J connectivity index is 2.73. The van der Waals surface area contributed by atoms with Gasteiger partial charge >= 0.3 is 11.9 Å². The molecule has 0 spiro atoms. The molecule has 0 aromatic rings. The summed E-state index contributed by atoms with van der Waals surface area (Å²) in [5.74, 6) is -1.71. The largest absolute Gasteiger partial charge is 0.465 e. The van der Waals surface area contributed by atoms with Crippen LogP contribution in [0.15, 0.2) is 12.2 Å². The van der Waals surface area contributed by atoms with Gasteiger partial charge in [0.15, 0.2) is 0 Å². The monoisotopic (exact) mass is 283 g/mol. The van der Waals surface area contributed by atoms with E-state index in [4.69, 9.17) is 9.47 Å². The van der Waals surface area contributed by atoms with E-state index in [1.165, 1.54) is 0 Å². The number of nitrogens with one attached hydrogen (secondary N) is 1. The van der Waals surface area contributed by atoms with Crippen LogP contribution in [-0.2, 0) is 23.9 Å². The lowest BCUT2D eigenvalue weighted by molar-refractivity contribution is -0.150. The molecule has 0 bridgehead atoms. The maximum absolute atomic E-state index is 11.8. The van der Waals surface area contributed by atoms with Crippen molar-refractivity contribution in [3.8, 4) is 0 Å². The summed E-state index contributed by atoms with van der Waals surface area (Å²) in [6, 6.07) is -0.722. The highest BCUT2D eigenvalue weighted by molar-refractivity contribution is 5.85. The van der Waals surface area contributed by atoms with E-state index in [0.29, 0.717) is 0 Å². The molecule has 0 fully saturated rings. The van der Waals surface area contributed by atoms with Gasteiger partial charge in [0.1, 0.15) is 12.6 Å². The number of esters is 2. The van der Waals surface area contributed by atoms with Crippen molar-refractivity contribution in [2.45, 2.75) is 33.2 Å². The Labute approximate surface area is 118 Å². The lowest BCUT2D eigenvalue weighted by Gasteiger charge is -2.18. The maximum Gasteiger partial charge on any atom is 0.328 e. The third-order valence-electron chi connectivity index (χ3n) is 2.89. The van der Waals surface area contributed by atoms with E-state index < -0.39 is 17.9 Å². The molecular weight excluding hydrogens is 262 g/mol. The van der Waals surface area contributed by atoms with Crippen molar-refractivity contribution in [2.24, 2.45) is 11.8 Å². The minimum absolute atomic E-state index is 0.00323. The summed E-state index contributed by atoms with van der Waals surface area (Å²) >= 11 is 0. The SMILES string of the molecule is C[C@@H]1C=CCC(=O)OC[C@H](C)C(=O)N[C@@H](C)C(=O)OC1. The molecule has 0 unspecified atom stereocenters. The van der Waals surface area contributed by atoms with Gasteiger partial charge in [0, 0.05) is 5.92 Å². The average Bonchev–Trinajstić information content (AvgIpc) is 2.40. The second-order valence-corrected chi connectivity index (χ2v) is 5.05. The first-order chi connectivity index (χ1) is 9.40. The molecule has 1 aliphatic rings. The minimum Gasteiger partial charge on any atom is -0.465 e.